The van der Waals surface area contributed by atoms with Gasteiger partial charge in [0.15, 0.2) is 0 Å². The highest BCUT2D eigenvalue weighted by Gasteiger charge is 2.12. The van der Waals surface area contributed by atoms with Gasteiger partial charge in [0.2, 0.25) is 5.91 Å². The summed E-state index contributed by atoms with van der Waals surface area (Å²) in [6.07, 6.45) is 5.16. The molecule has 1 saturated heterocycles. The maximum atomic E-state index is 11.8. The maximum Gasteiger partial charge on any atom is 0.292 e. The summed E-state index contributed by atoms with van der Waals surface area (Å²) in [4.78, 5) is 24.7. The van der Waals surface area contributed by atoms with Crippen LogP contribution >= 0.6 is 0 Å². The average Bonchev–Trinajstić information content (AvgIpc) is 2.60. The van der Waals surface area contributed by atoms with Crippen LogP contribution in [-0.2, 0) is 4.79 Å². The van der Waals surface area contributed by atoms with Gasteiger partial charge in [-0.3, -0.25) is 14.9 Å². The van der Waals surface area contributed by atoms with E-state index in [9.17, 15) is 14.9 Å². The number of amides is 1. The SMILES string of the molecule is O=C(CCNc1ccccc1[N+](=O)[O-])NCCCN1CCCCC1. The van der Waals surface area contributed by atoms with Crippen LogP contribution < -0.4 is 10.6 Å². The Balaban J connectivity index is 1.59. The highest BCUT2D eigenvalue weighted by atomic mass is 16.6. The number of likely N-dealkylation sites (tertiary alicyclic amines) is 1. The molecule has 1 aromatic rings. The largest absolute Gasteiger partial charge is 0.379 e. The average molecular weight is 334 g/mol. The van der Waals surface area contributed by atoms with Crippen LogP contribution in [0.5, 0.6) is 0 Å². The van der Waals surface area contributed by atoms with Gasteiger partial charge in [-0.2, -0.15) is 0 Å². The molecule has 0 unspecified atom stereocenters. The van der Waals surface area contributed by atoms with Gasteiger partial charge in [-0.25, -0.2) is 0 Å². The first-order chi connectivity index (χ1) is 11.7. The second-order valence-electron chi connectivity index (χ2n) is 6.06. The fourth-order valence-corrected chi connectivity index (χ4v) is 2.89. The van der Waals surface area contributed by atoms with Crippen molar-refractivity contribution in [1.29, 1.82) is 0 Å². The molecular weight excluding hydrogens is 308 g/mol. The first-order valence-electron chi connectivity index (χ1n) is 8.63. The van der Waals surface area contributed by atoms with E-state index < -0.39 is 4.92 Å². The number of nitrogens with one attached hydrogen (secondary N) is 2. The first-order valence-corrected chi connectivity index (χ1v) is 8.63. The molecule has 1 fully saturated rings. The Morgan fingerprint density at radius 3 is 2.67 bits per heavy atom. The summed E-state index contributed by atoms with van der Waals surface area (Å²) in [6.45, 7) is 4.44. The second-order valence-corrected chi connectivity index (χ2v) is 6.06. The number of hydrogen-bond acceptors (Lipinski definition) is 5. The molecule has 2 rings (SSSR count). The summed E-state index contributed by atoms with van der Waals surface area (Å²) in [5.74, 6) is -0.0280. The number of hydrogen-bond donors (Lipinski definition) is 2. The summed E-state index contributed by atoms with van der Waals surface area (Å²) >= 11 is 0. The molecule has 2 N–H and O–H groups in total. The normalized spacial score (nSPS) is 15.0. The van der Waals surface area contributed by atoms with E-state index >= 15 is 0 Å². The van der Waals surface area contributed by atoms with E-state index in [0.717, 1.165) is 13.0 Å². The molecule has 0 aliphatic carbocycles. The van der Waals surface area contributed by atoms with Crippen molar-refractivity contribution in [2.45, 2.75) is 32.1 Å². The van der Waals surface area contributed by atoms with Gasteiger partial charge < -0.3 is 15.5 Å². The molecule has 0 bridgehead atoms. The number of piperidine rings is 1. The van der Waals surface area contributed by atoms with Gasteiger partial charge in [-0.15, -0.1) is 0 Å². The van der Waals surface area contributed by atoms with Gasteiger partial charge >= 0.3 is 0 Å². The van der Waals surface area contributed by atoms with Crippen molar-refractivity contribution < 1.29 is 9.72 Å². The van der Waals surface area contributed by atoms with Crippen LogP contribution in [0, 0.1) is 10.1 Å². The van der Waals surface area contributed by atoms with Crippen molar-refractivity contribution >= 4 is 17.3 Å². The molecule has 1 aromatic carbocycles. The van der Waals surface area contributed by atoms with Gasteiger partial charge in [0.1, 0.15) is 5.69 Å². The number of anilines is 1. The van der Waals surface area contributed by atoms with Gasteiger partial charge in [-0.05, 0) is 45.0 Å². The van der Waals surface area contributed by atoms with Gasteiger partial charge in [-0.1, -0.05) is 18.6 Å². The zero-order valence-corrected chi connectivity index (χ0v) is 14.0. The van der Waals surface area contributed by atoms with E-state index in [1.54, 1.807) is 18.2 Å². The Bertz CT molecular complexity index is 544. The van der Waals surface area contributed by atoms with E-state index in [1.807, 2.05) is 0 Å². The van der Waals surface area contributed by atoms with Crippen molar-refractivity contribution in [3.8, 4) is 0 Å². The molecule has 0 atom stereocenters. The van der Waals surface area contributed by atoms with E-state index in [0.29, 0.717) is 25.2 Å². The fraction of sp³-hybridized carbons (Fsp3) is 0.588. The molecule has 0 radical (unpaired) electrons. The number of para-hydroxylation sites is 2. The molecule has 1 aliphatic rings. The van der Waals surface area contributed by atoms with Gasteiger partial charge in [0.05, 0.1) is 4.92 Å². The summed E-state index contributed by atoms with van der Waals surface area (Å²) in [7, 11) is 0. The Labute approximate surface area is 142 Å². The summed E-state index contributed by atoms with van der Waals surface area (Å²) in [5, 5.41) is 16.8. The molecule has 24 heavy (non-hydrogen) atoms. The number of nitro groups is 1. The predicted octanol–water partition coefficient (Wildman–Crippen LogP) is 2.39. The highest BCUT2D eigenvalue weighted by molar-refractivity contribution is 5.76. The Kier molecular flexibility index (Phi) is 7.48. The summed E-state index contributed by atoms with van der Waals surface area (Å²) in [5.41, 5.74) is 0.472. The van der Waals surface area contributed by atoms with Crippen molar-refractivity contribution in [3.63, 3.8) is 0 Å². The van der Waals surface area contributed by atoms with Gasteiger partial charge in [0.25, 0.3) is 5.69 Å². The zero-order valence-electron chi connectivity index (χ0n) is 14.0. The van der Waals surface area contributed by atoms with E-state index in [1.165, 1.54) is 38.4 Å². The smallest absolute Gasteiger partial charge is 0.292 e. The molecule has 7 nitrogen and oxygen atoms in total. The van der Waals surface area contributed by atoms with Crippen LogP contribution in [0.4, 0.5) is 11.4 Å². The number of nitro benzene ring substituents is 1. The molecule has 1 aliphatic heterocycles. The van der Waals surface area contributed by atoms with E-state index in [-0.39, 0.29) is 11.6 Å². The van der Waals surface area contributed by atoms with Crippen LogP contribution in [-0.4, -0.2) is 48.5 Å². The molecular formula is C17H26N4O3. The topological polar surface area (TPSA) is 87.5 Å². The summed E-state index contributed by atoms with van der Waals surface area (Å²) in [6, 6.07) is 6.45. The van der Waals surface area contributed by atoms with Crippen LogP contribution in [0.2, 0.25) is 0 Å². The van der Waals surface area contributed by atoms with Crippen molar-refractivity contribution in [3.05, 3.63) is 34.4 Å². The number of carbonyl (C=O) groups excluding carboxylic acids is 1. The van der Waals surface area contributed by atoms with Crippen LogP contribution in [0.3, 0.4) is 0 Å². The molecule has 0 aromatic heterocycles. The van der Waals surface area contributed by atoms with Gasteiger partial charge in [0, 0.05) is 25.6 Å². The molecule has 0 saturated carbocycles. The van der Waals surface area contributed by atoms with E-state index in [4.69, 9.17) is 0 Å². The minimum absolute atomic E-state index is 0.0273. The second kappa shape index (κ2) is 9.87. The first kappa shape index (κ1) is 18.2. The molecule has 1 heterocycles. The lowest BCUT2D eigenvalue weighted by Gasteiger charge is -2.26. The van der Waals surface area contributed by atoms with Crippen LogP contribution in [0.25, 0.3) is 0 Å². The Morgan fingerprint density at radius 2 is 1.92 bits per heavy atom. The Hall–Kier alpha value is -2.15. The fourth-order valence-electron chi connectivity index (χ4n) is 2.89. The third-order valence-corrected chi connectivity index (χ3v) is 4.19. The van der Waals surface area contributed by atoms with Crippen molar-refractivity contribution in [2.24, 2.45) is 0 Å². The minimum Gasteiger partial charge on any atom is -0.379 e. The predicted molar refractivity (Wildman–Crippen MR) is 94.1 cm³/mol. The molecule has 0 spiro atoms. The number of rotatable bonds is 9. The maximum absolute atomic E-state index is 11.8. The van der Waals surface area contributed by atoms with E-state index in [2.05, 4.69) is 15.5 Å². The number of nitrogens with zero attached hydrogens (tertiary/aromatic N) is 2. The van der Waals surface area contributed by atoms with Crippen molar-refractivity contribution in [2.75, 3.05) is 38.0 Å². The minimum atomic E-state index is -0.428. The van der Waals surface area contributed by atoms with Crippen molar-refractivity contribution in [1.82, 2.24) is 10.2 Å². The molecule has 1 amide bonds. The lowest BCUT2D eigenvalue weighted by atomic mass is 10.1. The molecule has 7 heteroatoms. The quantitative estimate of drug-likeness (QED) is 0.411. The number of benzene rings is 1. The number of carbonyl (C=O) groups is 1. The lowest BCUT2D eigenvalue weighted by molar-refractivity contribution is -0.384. The standard InChI is InChI=1S/C17H26N4O3/c22-17(19-10-6-14-20-12-4-1-5-13-20)9-11-18-15-7-2-3-8-16(15)21(23)24/h2-3,7-8,18H,1,4-6,9-14H2,(H,19,22). The zero-order chi connectivity index (χ0) is 17.2. The third kappa shape index (κ3) is 6.16. The Morgan fingerprint density at radius 1 is 1.17 bits per heavy atom. The molecule has 132 valence electrons. The lowest BCUT2D eigenvalue weighted by Crippen LogP contribution is -2.33. The highest BCUT2D eigenvalue weighted by Crippen LogP contribution is 2.22. The summed E-state index contributed by atoms with van der Waals surface area (Å²) < 4.78 is 0. The van der Waals surface area contributed by atoms with Crippen LogP contribution in [0.15, 0.2) is 24.3 Å². The third-order valence-electron chi connectivity index (χ3n) is 4.19. The van der Waals surface area contributed by atoms with Crippen LogP contribution in [0.1, 0.15) is 32.1 Å². The monoisotopic (exact) mass is 334 g/mol.